The van der Waals surface area contributed by atoms with Crippen LogP contribution in [-0.4, -0.2) is 122 Å². The lowest BCUT2D eigenvalue weighted by Gasteiger charge is -2.46. The molecule has 0 aliphatic heterocycles. The molecular weight excluding hydrogens is 909 g/mol. The lowest BCUT2D eigenvalue weighted by Crippen LogP contribution is -2.66. The zero-order valence-corrected chi connectivity index (χ0v) is 48.8. The summed E-state index contributed by atoms with van der Waals surface area (Å²) in [5, 5.41) is 0. The Bertz CT molecular complexity index is 1020. The Hall–Kier alpha value is -1.08. The molecule has 384 valence electrons. The standard InChI is InChI=1S/C48H100O12Si5/c1-13-29-49-33-17-21-37-53-41-25-45-61(5,6)57-65(58-62(7,8)46-26-42-54-38-22-18-34-50-30-14-2,59-63(9,10)47-27-43-55-39-23-19-35-51-31-15-3)60-64(11,12)48-28-44-56-40-24-20-36-52-32-16-4/h13-16,29-32H,17-28,33-48H2,1-12H3/b29-13+,30-14+,31-15+,32-16+. The third-order valence-electron chi connectivity index (χ3n) is 10.0. The molecule has 0 amide bonds. The summed E-state index contributed by atoms with van der Waals surface area (Å²) in [4.78, 5) is 0. The molecule has 0 aliphatic carbocycles. The zero-order chi connectivity index (χ0) is 48.4. The van der Waals surface area contributed by atoms with Crippen LogP contribution in [0, 0.1) is 0 Å². The number of hydrogen-bond donors (Lipinski definition) is 0. The van der Waals surface area contributed by atoms with E-state index in [1.165, 1.54) is 0 Å². The van der Waals surface area contributed by atoms with Crippen molar-refractivity contribution in [2.24, 2.45) is 0 Å². The maximum Gasteiger partial charge on any atom is 0.636 e. The fourth-order valence-corrected chi connectivity index (χ4v) is 26.4. The molecule has 17 heteroatoms. The van der Waals surface area contributed by atoms with Gasteiger partial charge in [0.15, 0.2) is 33.3 Å². The number of allylic oxidation sites excluding steroid dienone is 4. The minimum atomic E-state index is -3.72. The first kappa shape index (κ1) is 63.9. The van der Waals surface area contributed by atoms with Crippen LogP contribution < -0.4 is 0 Å². The Morgan fingerprint density at radius 3 is 0.646 bits per heavy atom. The van der Waals surface area contributed by atoms with Crippen LogP contribution in [0.2, 0.25) is 76.6 Å². The summed E-state index contributed by atoms with van der Waals surface area (Å²) in [6.07, 6.45) is 26.1. The molecule has 0 aromatic heterocycles. The van der Waals surface area contributed by atoms with Crippen LogP contribution in [0.25, 0.3) is 0 Å². The van der Waals surface area contributed by atoms with Crippen molar-refractivity contribution < 1.29 is 54.4 Å². The smallest absolute Gasteiger partial charge is 0.502 e. The van der Waals surface area contributed by atoms with Crippen LogP contribution in [0.3, 0.4) is 0 Å². The van der Waals surface area contributed by atoms with Crippen LogP contribution in [0.5, 0.6) is 0 Å². The van der Waals surface area contributed by atoms with Crippen LogP contribution in [0.1, 0.15) is 105 Å². The van der Waals surface area contributed by atoms with E-state index in [9.17, 15) is 0 Å². The van der Waals surface area contributed by atoms with Gasteiger partial charge in [-0.2, -0.15) is 0 Å². The Kier molecular flexibility index (Phi) is 40.1. The molecule has 0 aliphatic rings. The predicted molar refractivity (Wildman–Crippen MR) is 281 cm³/mol. The largest absolute Gasteiger partial charge is 0.636 e. The lowest BCUT2D eigenvalue weighted by molar-refractivity contribution is 0.116. The normalized spacial score (nSPS) is 13.4. The molecule has 0 unspecified atom stereocenters. The first-order chi connectivity index (χ1) is 31.1. The summed E-state index contributed by atoms with van der Waals surface area (Å²) in [5.74, 6) is 0. The van der Waals surface area contributed by atoms with Crippen LogP contribution in [0.4, 0.5) is 0 Å². The minimum absolute atomic E-state index is 0.696. The first-order valence-electron chi connectivity index (χ1n) is 25.1. The topological polar surface area (TPSA) is 111 Å². The van der Waals surface area contributed by atoms with Gasteiger partial charge in [0.05, 0.1) is 51.5 Å². The van der Waals surface area contributed by atoms with Crippen molar-refractivity contribution in [1.29, 1.82) is 0 Å². The molecule has 12 nitrogen and oxygen atoms in total. The highest BCUT2D eigenvalue weighted by molar-refractivity contribution is 6.92. The van der Waals surface area contributed by atoms with Crippen LogP contribution in [0.15, 0.2) is 49.4 Å². The van der Waals surface area contributed by atoms with Crippen molar-refractivity contribution >= 4 is 42.3 Å². The summed E-state index contributed by atoms with van der Waals surface area (Å²) in [6, 6.07) is 3.68. The summed E-state index contributed by atoms with van der Waals surface area (Å²) in [5.41, 5.74) is 0. The van der Waals surface area contributed by atoms with Gasteiger partial charge in [0.1, 0.15) is 0 Å². The second-order valence-electron chi connectivity index (χ2n) is 19.0. The van der Waals surface area contributed by atoms with Gasteiger partial charge in [0.25, 0.3) is 0 Å². The Labute approximate surface area is 404 Å². The van der Waals surface area contributed by atoms with Crippen molar-refractivity contribution in [2.75, 3.05) is 79.3 Å². The lowest BCUT2D eigenvalue weighted by atomic mass is 10.3. The number of hydrogen-bond acceptors (Lipinski definition) is 12. The van der Waals surface area contributed by atoms with E-state index in [0.717, 1.165) is 128 Å². The van der Waals surface area contributed by atoms with Crippen LogP contribution >= 0.6 is 0 Å². The van der Waals surface area contributed by atoms with E-state index in [2.05, 4.69) is 52.4 Å². The highest BCUT2D eigenvalue weighted by Crippen LogP contribution is 2.35. The Morgan fingerprint density at radius 2 is 0.446 bits per heavy atom. The molecule has 0 aromatic carbocycles. The van der Waals surface area contributed by atoms with Gasteiger partial charge in [-0.1, -0.05) is 24.3 Å². The van der Waals surface area contributed by atoms with Gasteiger partial charge in [0, 0.05) is 52.9 Å². The second kappa shape index (κ2) is 40.8. The van der Waals surface area contributed by atoms with Gasteiger partial charge in [-0.15, -0.1) is 0 Å². The predicted octanol–water partition coefficient (Wildman–Crippen LogP) is 13.3. The maximum atomic E-state index is 7.51. The molecule has 0 rings (SSSR count). The molecule has 0 radical (unpaired) electrons. The van der Waals surface area contributed by atoms with E-state index in [-0.39, 0.29) is 0 Å². The van der Waals surface area contributed by atoms with E-state index < -0.39 is 42.3 Å². The third-order valence-corrected chi connectivity index (χ3v) is 29.1. The number of rotatable bonds is 48. The van der Waals surface area contributed by atoms with E-state index in [1.807, 2.05) is 52.0 Å². The molecule has 0 heterocycles. The molecule has 0 atom stereocenters. The summed E-state index contributed by atoms with van der Waals surface area (Å²) in [7, 11) is -13.3. The zero-order valence-electron chi connectivity index (χ0n) is 43.8. The van der Waals surface area contributed by atoms with E-state index >= 15 is 0 Å². The SMILES string of the molecule is C/C=C/OCCCCOCCC[Si](C)(C)O[Si](O[Si](C)(C)CCCOCCCCO/C=C/C)(O[Si](C)(C)CCCOCCCCO/C=C/C)O[Si](C)(C)CCCOCCCCO/C=C/C. The van der Waals surface area contributed by atoms with Gasteiger partial charge in [-0.3, -0.25) is 0 Å². The summed E-state index contributed by atoms with van der Waals surface area (Å²) < 4.78 is 76.2. The number of ether oxygens (including phenoxy) is 8. The summed E-state index contributed by atoms with van der Waals surface area (Å²) in [6.45, 7) is 34.8. The first-order valence-corrected chi connectivity index (χ1v) is 39.2. The molecule has 0 saturated heterocycles. The molecule has 0 N–H and O–H groups in total. The van der Waals surface area contributed by atoms with E-state index in [1.54, 1.807) is 25.0 Å². The van der Waals surface area contributed by atoms with Gasteiger partial charge in [0.2, 0.25) is 0 Å². The van der Waals surface area contributed by atoms with Gasteiger partial charge < -0.3 is 54.4 Å². The molecule has 0 bridgehead atoms. The van der Waals surface area contributed by atoms with Crippen molar-refractivity contribution in [3.63, 3.8) is 0 Å². The highest BCUT2D eigenvalue weighted by atomic mass is 28.5. The van der Waals surface area contributed by atoms with Gasteiger partial charge in [-0.25, -0.2) is 0 Å². The quantitative estimate of drug-likeness (QED) is 0.0329. The molecular formula is C48H100O12Si5. The van der Waals surface area contributed by atoms with Gasteiger partial charge >= 0.3 is 9.05 Å². The average Bonchev–Trinajstić information content (AvgIpc) is 3.22. The highest BCUT2D eigenvalue weighted by Gasteiger charge is 2.58. The van der Waals surface area contributed by atoms with Crippen LogP contribution in [-0.2, 0) is 54.4 Å². The van der Waals surface area contributed by atoms with Gasteiger partial charge in [-0.05, 0) is 181 Å². The van der Waals surface area contributed by atoms with Crippen molar-refractivity contribution in [1.82, 2.24) is 0 Å². The Morgan fingerprint density at radius 1 is 0.262 bits per heavy atom. The average molecular weight is 1010 g/mol. The Balaban J connectivity index is 6.11. The van der Waals surface area contributed by atoms with E-state index in [4.69, 9.17) is 54.4 Å². The second-order valence-corrected chi connectivity index (χ2v) is 39.3. The molecule has 0 aromatic rings. The van der Waals surface area contributed by atoms with E-state index in [0.29, 0.717) is 52.9 Å². The fourth-order valence-electron chi connectivity index (χ4n) is 6.71. The molecule has 0 spiro atoms. The monoisotopic (exact) mass is 1010 g/mol. The summed E-state index contributed by atoms with van der Waals surface area (Å²) >= 11 is 0. The number of unbranched alkanes of at least 4 members (excludes halogenated alkanes) is 4. The maximum absolute atomic E-state index is 7.51. The third kappa shape index (κ3) is 41.6. The molecule has 0 saturated carbocycles. The molecule has 65 heavy (non-hydrogen) atoms. The minimum Gasteiger partial charge on any atom is -0.502 e. The molecule has 0 fully saturated rings. The van der Waals surface area contributed by atoms with Crippen molar-refractivity contribution in [3.05, 3.63) is 49.4 Å². The fraction of sp³-hybridized carbons (Fsp3) is 0.833. The van der Waals surface area contributed by atoms with Crippen molar-refractivity contribution in [3.8, 4) is 0 Å². The van der Waals surface area contributed by atoms with Crippen molar-refractivity contribution in [2.45, 2.75) is 181 Å².